The van der Waals surface area contributed by atoms with Gasteiger partial charge in [-0.2, -0.15) is 0 Å². The van der Waals surface area contributed by atoms with E-state index in [4.69, 9.17) is 5.73 Å². The van der Waals surface area contributed by atoms with Gasteiger partial charge in [0.1, 0.15) is 6.54 Å². The third-order valence-electron chi connectivity index (χ3n) is 5.49. The van der Waals surface area contributed by atoms with Gasteiger partial charge in [0.25, 0.3) is 10.0 Å². The number of anilines is 1. The number of carbonyl (C=O) groups is 2. The van der Waals surface area contributed by atoms with E-state index < -0.39 is 10.0 Å². The van der Waals surface area contributed by atoms with E-state index in [1.807, 2.05) is 19.1 Å². The molecule has 1 fully saturated rings. The van der Waals surface area contributed by atoms with Crippen molar-refractivity contribution in [2.75, 3.05) is 23.9 Å². The van der Waals surface area contributed by atoms with Crippen LogP contribution in [0.2, 0.25) is 0 Å². The minimum absolute atomic E-state index is 0.129. The lowest BCUT2D eigenvalue weighted by molar-refractivity contribution is -0.133. The van der Waals surface area contributed by atoms with Crippen molar-refractivity contribution in [3.8, 4) is 0 Å². The Hall–Kier alpha value is -2.87. The number of hydrogen-bond donors (Lipinski definition) is 1. The molecule has 0 bridgehead atoms. The molecule has 0 aromatic heterocycles. The van der Waals surface area contributed by atoms with Crippen molar-refractivity contribution in [3.63, 3.8) is 0 Å². The van der Waals surface area contributed by atoms with Crippen LogP contribution in [-0.4, -0.2) is 44.8 Å². The third kappa shape index (κ3) is 4.81. The van der Waals surface area contributed by atoms with Gasteiger partial charge >= 0.3 is 0 Å². The molecule has 8 heteroatoms. The van der Waals surface area contributed by atoms with Gasteiger partial charge in [0, 0.05) is 19.0 Å². The van der Waals surface area contributed by atoms with Crippen molar-refractivity contribution in [2.24, 2.45) is 11.7 Å². The second-order valence-corrected chi connectivity index (χ2v) is 9.26. The Morgan fingerprint density at radius 1 is 1.03 bits per heavy atom. The highest BCUT2D eigenvalue weighted by Gasteiger charge is 2.31. The highest BCUT2D eigenvalue weighted by molar-refractivity contribution is 7.92. The molecule has 2 amide bonds. The molecule has 30 heavy (non-hydrogen) atoms. The molecular formula is C22H27N3O4S. The number of likely N-dealkylation sites (tertiary alicyclic amines) is 1. The summed E-state index contributed by atoms with van der Waals surface area (Å²) in [5.41, 5.74) is 6.88. The topological polar surface area (TPSA) is 101 Å². The SMILES string of the molecule is CCc1ccc(N(CC(=O)N2CCC(C(N)=O)CC2)S(=O)(=O)c2ccccc2)cc1. The Balaban J connectivity index is 1.86. The van der Waals surface area contributed by atoms with Crippen molar-refractivity contribution in [3.05, 3.63) is 60.2 Å². The normalized spacial score (nSPS) is 15.0. The first-order valence-electron chi connectivity index (χ1n) is 10.1. The maximum Gasteiger partial charge on any atom is 0.264 e. The maximum absolute atomic E-state index is 13.3. The zero-order chi connectivity index (χ0) is 21.7. The van der Waals surface area contributed by atoms with Gasteiger partial charge in [-0.15, -0.1) is 0 Å². The quantitative estimate of drug-likeness (QED) is 0.729. The monoisotopic (exact) mass is 429 g/mol. The minimum atomic E-state index is -3.92. The molecule has 2 N–H and O–H groups in total. The molecule has 1 heterocycles. The average Bonchev–Trinajstić information content (AvgIpc) is 2.78. The smallest absolute Gasteiger partial charge is 0.264 e. The van der Waals surface area contributed by atoms with Gasteiger partial charge in [-0.25, -0.2) is 8.42 Å². The molecule has 2 aromatic carbocycles. The van der Waals surface area contributed by atoms with E-state index in [0.29, 0.717) is 31.6 Å². The van der Waals surface area contributed by atoms with Crippen molar-refractivity contribution < 1.29 is 18.0 Å². The molecule has 1 saturated heterocycles. The Kier molecular flexibility index (Phi) is 6.77. The first kappa shape index (κ1) is 21.8. The molecule has 3 rings (SSSR count). The Morgan fingerprint density at radius 2 is 1.63 bits per heavy atom. The largest absolute Gasteiger partial charge is 0.369 e. The molecule has 0 saturated carbocycles. The second kappa shape index (κ2) is 9.30. The van der Waals surface area contributed by atoms with Crippen LogP contribution in [0.3, 0.4) is 0 Å². The average molecular weight is 430 g/mol. The van der Waals surface area contributed by atoms with Gasteiger partial charge in [-0.3, -0.25) is 13.9 Å². The molecule has 2 aromatic rings. The summed E-state index contributed by atoms with van der Waals surface area (Å²) in [5, 5.41) is 0. The number of benzene rings is 2. The fourth-order valence-electron chi connectivity index (χ4n) is 3.57. The van der Waals surface area contributed by atoms with Crippen LogP contribution in [-0.2, 0) is 26.0 Å². The summed E-state index contributed by atoms with van der Waals surface area (Å²) in [7, 11) is -3.92. The van der Waals surface area contributed by atoms with Crippen molar-refractivity contribution in [2.45, 2.75) is 31.1 Å². The van der Waals surface area contributed by atoms with Gasteiger partial charge in [-0.05, 0) is 49.1 Å². The number of aryl methyl sites for hydroxylation is 1. The lowest BCUT2D eigenvalue weighted by Gasteiger charge is -2.33. The van der Waals surface area contributed by atoms with Gasteiger partial charge in [-0.1, -0.05) is 37.3 Å². The second-order valence-electron chi connectivity index (χ2n) is 7.40. The highest BCUT2D eigenvalue weighted by Crippen LogP contribution is 2.25. The number of rotatable bonds is 7. The summed E-state index contributed by atoms with van der Waals surface area (Å²) < 4.78 is 27.8. The van der Waals surface area contributed by atoms with Gasteiger partial charge in [0.05, 0.1) is 10.6 Å². The zero-order valence-electron chi connectivity index (χ0n) is 17.0. The Morgan fingerprint density at radius 3 is 2.17 bits per heavy atom. The lowest BCUT2D eigenvalue weighted by Crippen LogP contribution is -2.47. The standard InChI is InChI=1S/C22H27N3O4S/c1-2-17-8-10-19(11-9-17)25(30(28,29)20-6-4-3-5-7-20)16-21(26)24-14-12-18(13-15-24)22(23)27/h3-11,18H,2,12-16H2,1H3,(H2,23,27). The van der Waals surface area contributed by atoms with Crippen LogP contribution < -0.4 is 10.0 Å². The number of nitrogens with zero attached hydrogens (tertiary/aromatic N) is 2. The number of amides is 2. The van der Waals surface area contributed by atoms with Gasteiger partial charge in [0.2, 0.25) is 11.8 Å². The van der Waals surface area contributed by atoms with E-state index in [1.165, 1.54) is 12.1 Å². The summed E-state index contributed by atoms with van der Waals surface area (Å²) >= 11 is 0. The summed E-state index contributed by atoms with van der Waals surface area (Å²) in [6.45, 7) is 2.50. The number of piperidine rings is 1. The maximum atomic E-state index is 13.3. The van der Waals surface area contributed by atoms with Crippen molar-refractivity contribution in [1.29, 1.82) is 0 Å². The van der Waals surface area contributed by atoms with Crippen molar-refractivity contribution in [1.82, 2.24) is 4.90 Å². The molecule has 160 valence electrons. The van der Waals surface area contributed by atoms with Crippen LogP contribution >= 0.6 is 0 Å². The van der Waals surface area contributed by atoms with Crippen LogP contribution in [0.4, 0.5) is 5.69 Å². The van der Waals surface area contributed by atoms with Gasteiger partial charge in [0.15, 0.2) is 0 Å². The van der Waals surface area contributed by atoms with Crippen LogP contribution in [0.5, 0.6) is 0 Å². The third-order valence-corrected chi connectivity index (χ3v) is 7.28. The van der Waals surface area contributed by atoms with Crippen molar-refractivity contribution >= 4 is 27.5 Å². The molecular weight excluding hydrogens is 402 g/mol. The summed E-state index contributed by atoms with van der Waals surface area (Å²) in [6, 6.07) is 15.3. The van der Waals surface area contributed by atoms with E-state index in [-0.39, 0.29) is 29.2 Å². The molecule has 1 aliphatic rings. The molecule has 0 unspecified atom stereocenters. The molecule has 0 aliphatic carbocycles. The van der Waals surface area contributed by atoms with Crippen LogP contribution in [0.1, 0.15) is 25.3 Å². The molecule has 7 nitrogen and oxygen atoms in total. The van der Waals surface area contributed by atoms with E-state index in [9.17, 15) is 18.0 Å². The Bertz CT molecular complexity index is 983. The van der Waals surface area contributed by atoms with E-state index in [0.717, 1.165) is 16.3 Å². The summed E-state index contributed by atoms with van der Waals surface area (Å²) in [5.74, 6) is -0.886. The number of hydrogen-bond acceptors (Lipinski definition) is 4. The fraction of sp³-hybridized carbons (Fsp3) is 0.364. The summed E-state index contributed by atoms with van der Waals surface area (Å²) in [4.78, 5) is 26.1. The minimum Gasteiger partial charge on any atom is -0.369 e. The van der Waals surface area contributed by atoms with E-state index in [2.05, 4.69) is 0 Å². The van der Waals surface area contributed by atoms with Crippen LogP contribution in [0.15, 0.2) is 59.5 Å². The van der Waals surface area contributed by atoms with E-state index in [1.54, 1.807) is 35.2 Å². The molecule has 1 aliphatic heterocycles. The van der Waals surface area contributed by atoms with Crippen LogP contribution in [0.25, 0.3) is 0 Å². The first-order valence-corrected chi connectivity index (χ1v) is 11.5. The number of sulfonamides is 1. The Labute approximate surface area is 177 Å². The number of carbonyl (C=O) groups excluding carboxylic acids is 2. The zero-order valence-corrected chi connectivity index (χ0v) is 17.8. The predicted molar refractivity (Wildman–Crippen MR) is 115 cm³/mol. The summed E-state index contributed by atoms with van der Waals surface area (Å²) in [6.07, 6.45) is 1.83. The molecule has 0 radical (unpaired) electrons. The fourth-order valence-corrected chi connectivity index (χ4v) is 5.00. The highest BCUT2D eigenvalue weighted by atomic mass is 32.2. The van der Waals surface area contributed by atoms with Crippen LogP contribution in [0, 0.1) is 5.92 Å². The first-order chi connectivity index (χ1) is 14.3. The predicted octanol–water partition coefficient (Wildman–Crippen LogP) is 2.17. The molecule has 0 atom stereocenters. The van der Waals surface area contributed by atoms with Gasteiger partial charge < -0.3 is 10.6 Å². The lowest BCUT2D eigenvalue weighted by atomic mass is 9.96. The van der Waals surface area contributed by atoms with E-state index >= 15 is 0 Å². The molecule has 0 spiro atoms. The number of nitrogens with two attached hydrogens (primary N) is 1. The number of primary amides is 1.